The van der Waals surface area contributed by atoms with E-state index in [0.717, 1.165) is 25.9 Å². The summed E-state index contributed by atoms with van der Waals surface area (Å²) in [4.78, 5) is 16.1. The van der Waals surface area contributed by atoms with E-state index in [1.54, 1.807) is 0 Å². The minimum atomic E-state index is -2.77. The molecule has 174 valence electrons. The third-order valence-electron chi connectivity index (χ3n) is 6.03. The molecule has 0 saturated carbocycles. The minimum Gasteiger partial charge on any atom is -0.339 e. The second kappa shape index (κ2) is 15.1. The number of piperidine rings is 2. The smallest absolute Gasteiger partial charge is 0.280 e. The Labute approximate surface area is 179 Å². The predicted molar refractivity (Wildman–Crippen MR) is 120 cm³/mol. The first-order chi connectivity index (χ1) is 13.8. The molecule has 3 rings (SSSR count). The fraction of sp³-hybridized carbons (Fsp3) is 0.957. The van der Waals surface area contributed by atoms with Gasteiger partial charge in [0.1, 0.15) is 0 Å². The number of nitrogens with zero attached hydrogens (tertiary/aromatic N) is 3. The molecule has 1 amide bonds. The molecular formula is C23H47F2N3O. The van der Waals surface area contributed by atoms with Gasteiger partial charge in [0.25, 0.3) is 5.92 Å². The molecule has 3 aliphatic rings. The third kappa shape index (κ3) is 9.73. The zero-order valence-electron chi connectivity index (χ0n) is 20.1. The van der Waals surface area contributed by atoms with Crippen LogP contribution in [0.3, 0.4) is 0 Å². The van der Waals surface area contributed by atoms with Crippen LogP contribution in [-0.4, -0.2) is 79.4 Å². The summed E-state index contributed by atoms with van der Waals surface area (Å²) in [6.07, 6.45) is 5.78. The van der Waals surface area contributed by atoms with E-state index in [-0.39, 0.29) is 0 Å². The van der Waals surface area contributed by atoms with Gasteiger partial charge in [0.15, 0.2) is 0 Å². The van der Waals surface area contributed by atoms with Gasteiger partial charge in [-0.3, -0.25) is 9.69 Å². The fourth-order valence-electron chi connectivity index (χ4n) is 4.27. The van der Waals surface area contributed by atoms with Crippen molar-refractivity contribution in [2.45, 2.75) is 85.6 Å². The second-order valence-corrected chi connectivity index (χ2v) is 8.27. The molecule has 0 N–H and O–H groups in total. The van der Waals surface area contributed by atoms with Crippen molar-refractivity contribution < 1.29 is 13.6 Å². The predicted octanol–water partition coefficient (Wildman–Crippen LogP) is 4.98. The quantitative estimate of drug-likeness (QED) is 0.603. The van der Waals surface area contributed by atoms with Crippen LogP contribution in [0.1, 0.15) is 73.6 Å². The summed E-state index contributed by atoms with van der Waals surface area (Å²) in [7, 11) is 2.17. The van der Waals surface area contributed by atoms with Crippen molar-refractivity contribution in [1.29, 1.82) is 0 Å². The number of hydrogen-bond acceptors (Lipinski definition) is 3. The lowest BCUT2D eigenvalue weighted by Gasteiger charge is -2.45. The Morgan fingerprint density at radius 3 is 1.76 bits per heavy atom. The molecule has 0 spiro atoms. The van der Waals surface area contributed by atoms with Gasteiger partial charge in [-0.2, -0.15) is 0 Å². The molecule has 0 aromatic rings. The summed E-state index contributed by atoms with van der Waals surface area (Å²) in [6, 6.07) is -0.684. The molecule has 3 fully saturated rings. The van der Waals surface area contributed by atoms with Crippen molar-refractivity contribution in [2.24, 2.45) is 11.8 Å². The van der Waals surface area contributed by atoms with Gasteiger partial charge in [-0.25, -0.2) is 8.78 Å². The van der Waals surface area contributed by atoms with Crippen molar-refractivity contribution in [3.8, 4) is 0 Å². The molecular weight excluding hydrogens is 372 g/mol. The lowest BCUT2D eigenvalue weighted by Crippen LogP contribution is -2.59. The zero-order valence-corrected chi connectivity index (χ0v) is 20.1. The molecule has 0 aromatic heterocycles. The van der Waals surface area contributed by atoms with Crippen molar-refractivity contribution in [1.82, 2.24) is 14.7 Å². The van der Waals surface area contributed by atoms with Gasteiger partial charge in [0.2, 0.25) is 6.41 Å². The molecule has 1 atom stereocenters. The number of likely N-dealkylation sites (tertiary alicyclic amines) is 3. The number of carbonyl (C=O) groups is 1. The maximum atomic E-state index is 14.1. The van der Waals surface area contributed by atoms with E-state index in [2.05, 4.69) is 25.8 Å². The van der Waals surface area contributed by atoms with Gasteiger partial charge in [-0.15, -0.1) is 0 Å². The lowest BCUT2D eigenvalue weighted by atomic mass is 9.85. The molecule has 3 aliphatic heterocycles. The molecule has 0 aromatic carbocycles. The van der Waals surface area contributed by atoms with Gasteiger partial charge in [-0.05, 0) is 77.2 Å². The van der Waals surface area contributed by atoms with E-state index in [1.165, 1.54) is 30.8 Å². The maximum absolute atomic E-state index is 14.1. The van der Waals surface area contributed by atoms with Crippen LogP contribution < -0.4 is 0 Å². The summed E-state index contributed by atoms with van der Waals surface area (Å²) in [5, 5.41) is 0. The van der Waals surface area contributed by atoms with Crippen LogP contribution in [0.15, 0.2) is 0 Å². The van der Waals surface area contributed by atoms with Crippen molar-refractivity contribution >= 4 is 6.41 Å². The first-order valence-electron chi connectivity index (χ1n) is 11.8. The summed E-state index contributed by atoms with van der Waals surface area (Å²) in [6.45, 7) is 16.6. The topological polar surface area (TPSA) is 26.8 Å². The lowest BCUT2D eigenvalue weighted by molar-refractivity contribution is -0.147. The molecule has 0 aliphatic carbocycles. The SMILES string of the molecule is CC.CC.CC(C)C1CCN(C2CCN(C=O)CC2(F)F)CC1.CN1CCCC1. The number of amides is 1. The Bertz CT molecular complexity index is 407. The Kier molecular flexibility index (Phi) is 14.7. The highest BCUT2D eigenvalue weighted by Gasteiger charge is 2.47. The van der Waals surface area contributed by atoms with Gasteiger partial charge < -0.3 is 9.80 Å². The Hall–Kier alpha value is -0.750. The molecule has 4 nitrogen and oxygen atoms in total. The summed E-state index contributed by atoms with van der Waals surface area (Å²) in [5.41, 5.74) is 0. The van der Waals surface area contributed by atoms with E-state index in [0.29, 0.717) is 31.2 Å². The normalized spacial score (nSPS) is 25.2. The van der Waals surface area contributed by atoms with Crippen molar-refractivity contribution in [3.63, 3.8) is 0 Å². The van der Waals surface area contributed by atoms with Gasteiger partial charge >= 0.3 is 0 Å². The Morgan fingerprint density at radius 1 is 0.897 bits per heavy atom. The first-order valence-corrected chi connectivity index (χ1v) is 11.8. The molecule has 3 saturated heterocycles. The van der Waals surface area contributed by atoms with Crippen LogP contribution in [0.5, 0.6) is 0 Å². The van der Waals surface area contributed by atoms with Crippen molar-refractivity contribution in [3.05, 3.63) is 0 Å². The monoisotopic (exact) mass is 419 g/mol. The highest BCUT2D eigenvalue weighted by Crippen LogP contribution is 2.34. The van der Waals surface area contributed by atoms with Gasteiger partial charge in [0.05, 0.1) is 12.6 Å². The number of rotatable bonds is 3. The molecule has 0 bridgehead atoms. The number of halogens is 2. The Balaban J connectivity index is 0.000000654. The highest BCUT2D eigenvalue weighted by atomic mass is 19.3. The minimum absolute atomic E-state index is 0.387. The zero-order chi connectivity index (χ0) is 22.4. The Morgan fingerprint density at radius 2 is 1.41 bits per heavy atom. The molecule has 0 radical (unpaired) electrons. The van der Waals surface area contributed by atoms with Crippen molar-refractivity contribution in [2.75, 3.05) is 46.3 Å². The maximum Gasteiger partial charge on any atom is 0.280 e. The van der Waals surface area contributed by atoms with Crippen LogP contribution in [0.25, 0.3) is 0 Å². The molecule has 29 heavy (non-hydrogen) atoms. The molecule has 6 heteroatoms. The third-order valence-corrected chi connectivity index (χ3v) is 6.03. The second-order valence-electron chi connectivity index (χ2n) is 8.27. The standard InChI is InChI=1S/C14H24F2N2O.C5H11N.2C2H6/c1-11(2)12-3-7-18(8-4-12)13-5-6-17(10-19)9-14(13,15)16;1-6-4-2-3-5-6;2*1-2/h10-13H,3-9H2,1-2H3;2-5H2,1H3;2*1-2H3. The largest absolute Gasteiger partial charge is 0.339 e. The van der Waals surface area contributed by atoms with Crippen LogP contribution in [0.2, 0.25) is 0 Å². The van der Waals surface area contributed by atoms with Crippen LogP contribution in [-0.2, 0) is 4.79 Å². The number of alkyl halides is 2. The van der Waals surface area contributed by atoms with Crippen LogP contribution >= 0.6 is 0 Å². The number of carbonyl (C=O) groups excluding carboxylic acids is 1. The summed E-state index contributed by atoms with van der Waals surface area (Å²) >= 11 is 0. The molecule has 1 unspecified atom stereocenters. The van der Waals surface area contributed by atoms with E-state index in [9.17, 15) is 13.6 Å². The van der Waals surface area contributed by atoms with Gasteiger partial charge in [0, 0.05) is 6.54 Å². The summed E-state index contributed by atoms with van der Waals surface area (Å²) < 4.78 is 28.2. The first kappa shape index (κ1) is 28.2. The fourth-order valence-corrected chi connectivity index (χ4v) is 4.27. The van der Waals surface area contributed by atoms with Gasteiger partial charge in [-0.1, -0.05) is 41.5 Å². The molecule has 3 heterocycles. The van der Waals surface area contributed by atoms with E-state index in [4.69, 9.17) is 0 Å². The highest BCUT2D eigenvalue weighted by molar-refractivity contribution is 5.47. The average molecular weight is 420 g/mol. The van der Waals surface area contributed by atoms with E-state index >= 15 is 0 Å². The van der Waals surface area contributed by atoms with E-state index in [1.807, 2.05) is 32.6 Å². The number of hydrogen-bond donors (Lipinski definition) is 0. The van der Waals surface area contributed by atoms with Crippen LogP contribution in [0.4, 0.5) is 8.78 Å². The van der Waals surface area contributed by atoms with Crippen LogP contribution in [0, 0.1) is 11.8 Å². The van der Waals surface area contributed by atoms with E-state index < -0.39 is 18.5 Å². The average Bonchev–Trinajstić information content (AvgIpc) is 3.21. The summed E-state index contributed by atoms with van der Waals surface area (Å²) in [5.74, 6) is -1.47.